The fourth-order valence-electron chi connectivity index (χ4n) is 9.26. The zero-order valence-corrected chi connectivity index (χ0v) is 28.2. The maximum Gasteiger partial charge on any atom is 0.253 e. The van der Waals surface area contributed by atoms with E-state index in [0.717, 1.165) is 132 Å². The van der Waals surface area contributed by atoms with E-state index < -0.39 is 5.95 Å². The summed E-state index contributed by atoms with van der Waals surface area (Å²) in [6, 6.07) is 7.00. The summed E-state index contributed by atoms with van der Waals surface area (Å²) >= 11 is 6.09. The summed E-state index contributed by atoms with van der Waals surface area (Å²) in [5.74, 6) is -0.378. The molecule has 2 spiro atoms. The van der Waals surface area contributed by atoms with Crippen LogP contribution in [0.25, 0.3) is 33.8 Å². The number of nitrogens with one attached hydrogen (secondary N) is 4. The van der Waals surface area contributed by atoms with Gasteiger partial charge in [-0.2, -0.15) is 4.39 Å². The number of carbonyl (C=O) groups excluding carboxylic acids is 2. The predicted octanol–water partition coefficient (Wildman–Crippen LogP) is 6.54. The number of aromatic amines is 2. The first-order valence-electron chi connectivity index (χ1n) is 17.7. The Labute approximate surface area is 292 Å². The molecule has 5 aromatic heterocycles. The normalized spacial score (nSPS) is 19.6. The molecule has 11 rings (SSSR count). The first kappa shape index (κ1) is 30.0. The van der Waals surface area contributed by atoms with Crippen LogP contribution in [0.4, 0.5) is 4.39 Å². The van der Waals surface area contributed by atoms with Crippen LogP contribution in [0.1, 0.15) is 92.9 Å². The first-order valence-corrected chi connectivity index (χ1v) is 18.0. The first-order chi connectivity index (χ1) is 24.3. The van der Waals surface area contributed by atoms with Crippen LogP contribution >= 0.6 is 11.6 Å². The van der Waals surface area contributed by atoms with Crippen LogP contribution in [-0.4, -0.2) is 49.8 Å². The third-order valence-electron chi connectivity index (χ3n) is 12.3. The highest BCUT2D eigenvalue weighted by Crippen LogP contribution is 2.51. The van der Waals surface area contributed by atoms with E-state index in [-0.39, 0.29) is 22.6 Å². The topological polar surface area (TPSA) is 128 Å². The number of amides is 2. The summed E-state index contributed by atoms with van der Waals surface area (Å²) in [5.41, 5.74) is 14.8. The number of carbonyl (C=O) groups is 2. The summed E-state index contributed by atoms with van der Waals surface area (Å²) in [6.07, 6.45) is 15.8. The predicted molar refractivity (Wildman–Crippen MR) is 187 cm³/mol. The number of hydrogen-bond acceptors (Lipinski definition) is 5. The molecule has 0 aromatic carbocycles. The molecule has 2 aliphatic heterocycles. The van der Waals surface area contributed by atoms with Crippen molar-refractivity contribution in [1.82, 2.24) is 35.6 Å². The summed E-state index contributed by atoms with van der Waals surface area (Å²) in [6.45, 7) is 1.50. The molecule has 0 unspecified atom stereocenters. The van der Waals surface area contributed by atoms with E-state index in [4.69, 9.17) is 11.6 Å². The molecule has 50 heavy (non-hydrogen) atoms. The molecule has 4 N–H and O–H groups in total. The Bertz CT molecular complexity index is 2260. The molecular formula is C39H35ClFN7O2. The van der Waals surface area contributed by atoms with E-state index in [9.17, 15) is 14.0 Å². The number of halogens is 2. The van der Waals surface area contributed by atoms with Gasteiger partial charge in [0, 0.05) is 70.6 Å². The standard InChI is InChI=1S/C22H19FN4O.C17H16ClN3O/c23-17-5-3-13(10-25-17)16-8-15-12(9-24-16)2-4-14-18-20(27-19(14)15)22(6-1-7-22)11-26-21(18)28;18-12-6-11-9(7-19-12)2-3-10-13-15(21-14(10)11)17(4-1-5-17)8-20-16(13)22/h3,5,8-10,27H,1-2,4,6-7,11H2,(H,26,28);6-7,21H,1-5,8H2,(H,20,22). The maximum absolute atomic E-state index is 13.2. The number of H-pyrrole nitrogens is 2. The van der Waals surface area contributed by atoms with Crippen LogP contribution in [-0.2, 0) is 36.5 Å². The quantitative estimate of drug-likeness (QED) is 0.149. The minimum absolute atomic E-state index is 0.0467. The highest BCUT2D eigenvalue weighted by molar-refractivity contribution is 6.29. The summed E-state index contributed by atoms with van der Waals surface area (Å²) in [5, 5.41) is 6.73. The highest BCUT2D eigenvalue weighted by atomic mass is 35.5. The van der Waals surface area contributed by atoms with Crippen LogP contribution in [0.2, 0.25) is 5.15 Å². The molecule has 252 valence electrons. The van der Waals surface area contributed by atoms with Gasteiger partial charge in [0.15, 0.2) is 0 Å². The van der Waals surface area contributed by atoms with Crippen LogP contribution in [0.5, 0.6) is 0 Å². The van der Waals surface area contributed by atoms with Crippen LogP contribution in [0.3, 0.4) is 0 Å². The van der Waals surface area contributed by atoms with Gasteiger partial charge < -0.3 is 20.6 Å². The van der Waals surface area contributed by atoms with Gasteiger partial charge in [-0.15, -0.1) is 0 Å². The van der Waals surface area contributed by atoms with Crippen molar-refractivity contribution < 1.29 is 14.0 Å². The smallest absolute Gasteiger partial charge is 0.253 e. The third-order valence-corrected chi connectivity index (χ3v) is 12.5. The molecule has 4 aliphatic carbocycles. The Morgan fingerprint density at radius 2 is 1.24 bits per heavy atom. The van der Waals surface area contributed by atoms with Crippen LogP contribution < -0.4 is 10.6 Å². The van der Waals surface area contributed by atoms with Crippen molar-refractivity contribution in [2.24, 2.45) is 0 Å². The second kappa shape index (κ2) is 10.8. The number of aromatic nitrogens is 5. The number of rotatable bonds is 1. The third kappa shape index (κ3) is 4.33. The summed E-state index contributed by atoms with van der Waals surface area (Å²) in [7, 11) is 0. The number of nitrogens with zero attached hydrogens (tertiary/aromatic N) is 3. The zero-order valence-electron chi connectivity index (χ0n) is 27.4. The van der Waals surface area contributed by atoms with E-state index in [1.54, 1.807) is 6.07 Å². The lowest BCUT2D eigenvalue weighted by Crippen LogP contribution is -2.51. The minimum Gasteiger partial charge on any atom is -0.357 e. The second-order valence-electron chi connectivity index (χ2n) is 14.9. The molecule has 0 atom stereocenters. The molecule has 0 bridgehead atoms. The molecule has 2 amide bonds. The number of aryl methyl sites for hydroxylation is 2. The lowest BCUT2D eigenvalue weighted by atomic mass is 9.64. The molecule has 0 radical (unpaired) electrons. The van der Waals surface area contributed by atoms with E-state index in [0.29, 0.717) is 5.15 Å². The van der Waals surface area contributed by atoms with Gasteiger partial charge in [-0.25, -0.2) is 9.97 Å². The molecule has 2 fully saturated rings. The second-order valence-corrected chi connectivity index (χ2v) is 15.2. The van der Waals surface area contributed by atoms with E-state index >= 15 is 0 Å². The van der Waals surface area contributed by atoms with Gasteiger partial charge in [-0.1, -0.05) is 24.4 Å². The number of fused-ring (bicyclic) bond motifs is 12. The van der Waals surface area contributed by atoms with Crippen molar-refractivity contribution in [3.8, 4) is 33.8 Å². The van der Waals surface area contributed by atoms with Crippen molar-refractivity contribution >= 4 is 23.4 Å². The van der Waals surface area contributed by atoms with E-state index in [2.05, 4.69) is 35.6 Å². The largest absolute Gasteiger partial charge is 0.357 e. The Hall–Kier alpha value is -4.83. The molecule has 7 heterocycles. The van der Waals surface area contributed by atoms with Gasteiger partial charge in [0.1, 0.15) is 5.15 Å². The fraction of sp³-hybridized carbons (Fsp3) is 0.359. The Morgan fingerprint density at radius 3 is 1.76 bits per heavy atom. The Morgan fingerprint density at radius 1 is 0.680 bits per heavy atom. The van der Waals surface area contributed by atoms with Crippen molar-refractivity contribution in [2.75, 3.05) is 13.1 Å². The molecule has 5 aromatic rings. The van der Waals surface area contributed by atoms with Crippen molar-refractivity contribution in [1.29, 1.82) is 0 Å². The van der Waals surface area contributed by atoms with Gasteiger partial charge in [0.2, 0.25) is 5.95 Å². The van der Waals surface area contributed by atoms with Gasteiger partial charge in [0.25, 0.3) is 11.8 Å². The summed E-state index contributed by atoms with van der Waals surface area (Å²) < 4.78 is 13.2. The highest BCUT2D eigenvalue weighted by Gasteiger charge is 2.48. The summed E-state index contributed by atoms with van der Waals surface area (Å²) in [4.78, 5) is 44.9. The average molecular weight is 688 g/mol. The maximum atomic E-state index is 13.2. The number of pyridine rings is 3. The molecule has 6 aliphatic rings. The minimum atomic E-state index is -0.502. The molecule has 0 saturated heterocycles. The average Bonchev–Trinajstić information content (AvgIpc) is 3.69. The van der Waals surface area contributed by atoms with Crippen molar-refractivity contribution in [3.63, 3.8) is 0 Å². The zero-order chi connectivity index (χ0) is 33.8. The van der Waals surface area contributed by atoms with Gasteiger partial charge in [-0.05, 0) is 97.9 Å². The van der Waals surface area contributed by atoms with E-state index in [1.807, 2.05) is 24.5 Å². The molecule has 9 nitrogen and oxygen atoms in total. The van der Waals surface area contributed by atoms with Crippen molar-refractivity contribution in [2.45, 2.75) is 75.0 Å². The number of hydrogen-bond donors (Lipinski definition) is 4. The van der Waals surface area contributed by atoms with Crippen LogP contribution in [0.15, 0.2) is 42.9 Å². The van der Waals surface area contributed by atoms with Crippen LogP contribution in [0, 0.1) is 5.95 Å². The van der Waals surface area contributed by atoms with Crippen molar-refractivity contribution in [3.05, 3.63) is 98.7 Å². The van der Waals surface area contributed by atoms with Gasteiger partial charge in [0.05, 0.1) is 28.2 Å². The van der Waals surface area contributed by atoms with Gasteiger partial charge >= 0.3 is 0 Å². The molecular weight excluding hydrogens is 653 g/mol. The lowest BCUT2D eigenvalue weighted by Gasteiger charge is -2.44. The SMILES string of the molecule is O=C1NCC2(CCC2)c2[nH]c3c(c21)CCc1cnc(-c2ccc(F)nc2)cc1-3.O=C1NCC2(CCC2)c2[nH]c3c(c21)CCc1cnc(Cl)cc1-3. The molecule has 2 saturated carbocycles. The fourth-order valence-corrected chi connectivity index (χ4v) is 9.42. The lowest BCUT2D eigenvalue weighted by molar-refractivity contribution is 0.0885. The monoisotopic (exact) mass is 687 g/mol. The Kier molecular flexibility index (Phi) is 6.51. The molecule has 11 heteroatoms. The van der Waals surface area contributed by atoms with Gasteiger partial charge in [-0.3, -0.25) is 14.6 Å². The Balaban J connectivity index is 0.000000130. The van der Waals surface area contributed by atoms with E-state index in [1.165, 1.54) is 36.2 Å².